The number of hydrogen-bond acceptors (Lipinski definition) is 5. The summed E-state index contributed by atoms with van der Waals surface area (Å²) in [6.07, 6.45) is 5.18. The summed E-state index contributed by atoms with van der Waals surface area (Å²) in [4.78, 5) is 4.43. The van der Waals surface area contributed by atoms with E-state index < -0.39 is 7.12 Å². The van der Waals surface area contributed by atoms with Crippen LogP contribution in [0.3, 0.4) is 0 Å². The molecule has 0 radical (unpaired) electrons. The molecule has 1 N–H and O–H groups in total. The highest BCUT2D eigenvalue weighted by molar-refractivity contribution is 6.43. The summed E-state index contributed by atoms with van der Waals surface area (Å²) in [6.45, 7) is 4.70. The molecular weight excluding hydrogens is 317 g/mol. The van der Waals surface area contributed by atoms with Crippen molar-refractivity contribution in [1.29, 1.82) is 0 Å². The van der Waals surface area contributed by atoms with Crippen LogP contribution in [-0.2, 0) is 11.1 Å². The lowest BCUT2D eigenvalue weighted by Gasteiger charge is -2.17. The fourth-order valence-corrected chi connectivity index (χ4v) is 3.73. The molecule has 2 aliphatic rings. The van der Waals surface area contributed by atoms with Crippen LogP contribution in [0.25, 0.3) is 11.1 Å². The number of hydrogen-bond donors (Lipinski definition) is 1. The minimum Gasteiger partial charge on any atom is -0.493 e. The van der Waals surface area contributed by atoms with E-state index in [1.54, 1.807) is 7.11 Å². The average molecular weight is 339 g/mol. The molecule has 3 heterocycles. The molecule has 1 atom stereocenters. The van der Waals surface area contributed by atoms with Crippen LogP contribution in [0.4, 0.5) is 0 Å². The normalized spacial score (nSPS) is 21.1. The van der Waals surface area contributed by atoms with Gasteiger partial charge in [0, 0.05) is 42.5 Å². The van der Waals surface area contributed by atoms with E-state index in [1.807, 2.05) is 18.5 Å². The number of pyridine rings is 1. The minimum absolute atomic E-state index is 0.182. The van der Waals surface area contributed by atoms with E-state index in [1.165, 1.54) is 0 Å². The molecule has 0 bridgehead atoms. The van der Waals surface area contributed by atoms with Crippen molar-refractivity contribution >= 4 is 7.12 Å². The first-order chi connectivity index (χ1) is 12.0. The minimum atomic E-state index is -0.673. The number of methoxy groups -OCH3 is 1. The van der Waals surface area contributed by atoms with E-state index in [9.17, 15) is 5.02 Å². The van der Waals surface area contributed by atoms with E-state index in [0.717, 1.165) is 40.2 Å². The van der Waals surface area contributed by atoms with Gasteiger partial charge in [-0.2, -0.15) is 0 Å². The molecule has 130 valence electrons. The molecule has 4 rings (SSSR count). The quantitative estimate of drug-likeness (QED) is 0.871. The Morgan fingerprint density at radius 2 is 2.16 bits per heavy atom. The van der Waals surface area contributed by atoms with Crippen LogP contribution in [0.15, 0.2) is 30.6 Å². The van der Waals surface area contributed by atoms with Gasteiger partial charge in [0.25, 0.3) is 0 Å². The maximum atomic E-state index is 9.62. The van der Waals surface area contributed by atoms with Gasteiger partial charge in [-0.3, -0.25) is 4.98 Å². The number of fused-ring (bicyclic) bond motifs is 1. The Balaban J connectivity index is 1.75. The Morgan fingerprint density at radius 1 is 1.32 bits per heavy atom. The van der Waals surface area contributed by atoms with Crippen LogP contribution in [-0.4, -0.2) is 36.4 Å². The van der Waals surface area contributed by atoms with Crippen molar-refractivity contribution in [3.8, 4) is 22.6 Å². The first kappa shape index (κ1) is 16.4. The molecule has 0 unspecified atom stereocenters. The molecule has 0 aliphatic carbocycles. The van der Waals surface area contributed by atoms with Crippen molar-refractivity contribution in [2.75, 3.05) is 13.7 Å². The van der Waals surface area contributed by atoms with E-state index in [2.05, 4.69) is 31.0 Å². The molecule has 25 heavy (non-hydrogen) atoms. The lowest BCUT2D eigenvalue weighted by molar-refractivity contribution is 0.134. The first-order valence-corrected chi connectivity index (χ1v) is 8.61. The molecule has 2 aliphatic heterocycles. The van der Waals surface area contributed by atoms with Gasteiger partial charge in [-0.05, 0) is 43.4 Å². The zero-order valence-corrected chi connectivity index (χ0v) is 14.8. The number of ether oxygens (including phenoxy) is 2. The number of rotatable bonds is 3. The largest absolute Gasteiger partial charge is 0.493 e. The zero-order valence-electron chi connectivity index (χ0n) is 14.8. The number of nitrogens with zero attached hydrogens (tertiary/aromatic N) is 1. The van der Waals surface area contributed by atoms with Crippen molar-refractivity contribution in [3.05, 3.63) is 41.7 Å². The van der Waals surface area contributed by atoms with E-state index in [-0.39, 0.29) is 11.5 Å². The summed E-state index contributed by atoms with van der Waals surface area (Å²) in [6, 6.07) is 6.17. The van der Waals surface area contributed by atoms with Gasteiger partial charge in [0.05, 0.1) is 7.11 Å². The molecule has 1 aromatic carbocycles. The predicted octanol–water partition coefficient (Wildman–Crippen LogP) is 3.07. The third-order valence-electron chi connectivity index (χ3n) is 4.94. The van der Waals surface area contributed by atoms with Gasteiger partial charge < -0.3 is 19.2 Å². The second kappa shape index (κ2) is 6.04. The summed E-state index contributed by atoms with van der Waals surface area (Å²) in [5.41, 5.74) is 4.18. The SMILES string of the molecule is COc1ccc(-c2cncc([C@@H]3COB(O)C3)c2)c2c1OC(C)(C)C2. The highest BCUT2D eigenvalue weighted by atomic mass is 16.5. The van der Waals surface area contributed by atoms with Crippen LogP contribution < -0.4 is 9.47 Å². The Morgan fingerprint density at radius 3 is 2.88 bits per heavy atom. The van der Waals surface area contributed by atoms with Crippen LogP contribution in [0, 0.1) is 0 Å². The van der Waals surface area contributed by atoms with Gasteiger partial charge in [-0.1, -0.05) is 6.07 Å². The Labute approximate surface area is 148 Å². The summed E-state index contributed by atoms with van der Waals surface area (Å²) in [5, 5.41) is 9.62. The van der Waals surface area contributed by atoms with Crippen molar-refractivity contribution in [2.45, 2.75) is 38.1 Å². The summed E-state index contributed by atoms with van der Waals surface area (Å²) < 4.78 is 16.9. The standard InChI is InChI=1S/C19H22BNO4/c1-19(2)7-16-15(4-5-17(23-3)18(16)25-19)13-6-12(9-21-10-13)14-8-20(22)24-11-14/h4-6,9-10,14,22H,7-8,11H2,1-3H3/t14-/m0/s1. The molecule has 1 saturated heterocycles. The fraction of sp³-hybridized carbons (Fsp3) is 0.421. The number of aromatic nitrogens is 1. The molecule has 2 aromatic rings. The topological polar surface area (TPSA) is 60.8 Å². The van der Waals surface area contributed by atoms with Crippen LogP contribution in [0.2, 0.25) is 6.32 Å². The first-order valence-electron chi connectivity index (χ1n) is 8.61. The Kier molecular flexibility index (Phi) is 3.97. The van der Waals surface area contributed by atoms with Crippen molar-refractivity contribution in [3.63, 3.8) is 0 Å². The molecule has 1 aromatic heterocycles. The second-order valence-electron chi connectivity index (χ2n) is 7.39. The average Bonchev–Trinajstić information content (AvgIpc) is 3.16. The summed E-state index contributed by atoms with van der Waals surface area (Å²) >= 11 is 0. The molecule has 6 heteroatoms. The molecular formula is C19H22BNO4. The van der Waals surface area contributed by atoms with Gasteiger partial charge in [-0.15, -0.1) is 0 Å². The predicted molar refractivity (Wildman–Crippen MR) is 96.1 cm³/mol. The van der Waals surface area contributed by atoms with E-state index >= 15 is 0 Å². The lowest BCUT2D eigenvalue weighted by Crippen LogP contribution is -2.24. The van der Waals surface area contributed by atoms with Crippen LogP contribution >= 0.6 is 0 Å². The maximum Gasteiger partial charge on any atom is 0.454 e. The second-order valence-corrected chi connectivity index (χ2v) is 7.39. The lowest BCUT2D eigenvalue weighted by atomic mass is 9.79. The Hall–Kier alpha value is -2.05. The smallest absolute Gasteiger partial charge is 0.454 e. The third-order valence-corrected chi connectivity index (χ3v) is 4.94. The van der Waals surface area contributed by atoms with Crippen LogP contribution in [0.1, 0.15) is 30.9 Å². The van der Waals surface area contributed by atoms with E-state index in [4.69, 9.17) is 14.1 Å². The van der Waals surface area contributed by atoms with Crippen molar-refractivity contribution in [2.24, 2.45) is 0 Å². The van der Waals surface area contributed by atoms with Gasteiger partial charge in [0.1, 0.15) is 5.60 Å². The molecule has 1 fully saturated rings. The zero-order chi connectivity index (χ0) is 17.6. The molecule has 0 spiro atoms. The summed E-state index contributed by atoms with van der Waals surface area (Å²) in [7, 11) is 0.991. The Bertz CT molecular complexity index is 808. The van der Waals surface area contributed by atoms with Crippen molar-refractivity contribution < 1.29 is 19.2 Å². The monoisotopic (exact) mass is 339 g/mol. The van der Waals surface area contributed by atoms with Crippen LogP contribution in [0.5, 0.6) is 11.5 Å². The molecule has 0 amide bonds. The van der Waals surface area contributed by atoms with Gasteiger partial charge in [0.15, 0.2) is 11.5 Å². The molecule has 5 nitrogen and oxygen atoms in total. The molecule has 0 saturated carbocycles. The maximum absolute atomic E-state index is 9.62. The van der Waals surface area contributed by atoms with Gasteiger partial charge in [0.2, 0.25) is 0 Å². The van der Waals surface area contributed by atoms with Gasteiger partial charge in [-0.25, -0.2) is 0 Å². The highest BCUT2D eigenvalue weighted by Gasteiger charge is 2.35. The summed E-state index contributed by atoms with van der Waals surface area (Å²) in [5.74, 6) is 1.78. The third kappa shape index (κ3) is 3.00. The van der Waals surface area contributed by atoms with Gasteiger partial charge >= 0.3 is 7.12 Å². The fourth-order valence-electron chi connectivity index (χ4n) is 3.73. The highest BCUT2D eigenvalue weighted by Crippen LogP contribution is 2.46. The van der Waals surface area contributed by atoms with Crippen molar-refractivity contribution in [1.82, 2.24) is 4.98 Å². The van der Waals surface area contributed by atoms with E-state index in [0.29, 0.717) is 12.9 Å². The number of benzene rings is 1.